The standard InChI is InChI=1S/C18H20ClNO3S/c1-12(8-9-14-6-4-3-5-7-14)20-17(21)13(2)23-18(22)15-10-11-16(19)24-15/h3-7,10-13H,8-9H2,1-2H3,(H,20,21)/t12-,13+/m1/s1. The lowest BCUT2D eigenvalue weighted by atomic mass is 10.1. The Labute approximate surface area is 150 Å². The predicted molar refractivity (Wildman–Crippen MR) is 96.6 cm³/mol. The van der Waals surface area contributed by atoms with Crippen LogP contribution < -0.4 is 5.32 Å². The van der Waals surface area contributed by atoms with Gasteiger partial charge in [0, 0.05) is 6.04 Å². The van der Waals surface area contributed by atoms with Crippen LogP contribution in [0.25, 0.3) is 0 Å². The number of aryl methyl sites for hydroxylation is 1. The van der Waals surface area contributed by atoms with Gasteiger partial charge in [-0.2, -0.15) is 0 Å². The van der Waals surface area contributed by atoms with E-state index >= 15 is 0 Å². The maximum Gasteiger partial charge on any atom is 0.349 e. The molecule has 24 heavy (non-hydrogen) atoms. The highest BCUT2D eigenvalue weighted by Gasteiger charge is 2.21. The van der Waals surface area contributed by atoms with E-state index in [2.05, 4.69) is 17.4 Å². The van der Waals surface area contributed by atoms with Crippen LogP contribution in [0, 0.1) is 0 Å². The molecule has 1 aromatic heterocycles. The summed E-state index contributed by atoms with van der Waals surface area (Å²) in [6.45, 7) is 3.50. The minimum atomic E-state index is -0.849. The van der Waals surface area contributed by atoms with Crippen molar-refractivity contribution in [3.63, 3.8) is 0 Å². The van der Waals surface area contributed by atoms with Crippen LogP contribution in [0.2, 0.25) is 4.34 Å². The topological polar surface area (TPSA) is 55.4 Å². The van der Waals surface area contributed by atoms with Gasteiger partial charge in [0.15, 0.2) is 6.10 Å². The van der Waals surface area contributed by atoms with Crippen molar-refractivity contribution in [3.05, 3.63) is 57.2 Å². The number of benzene rings is 1. The molecule has 1 heterocycles. The van der Waals surface area contributed by atoms with Crippen LogP contribution in [-0.4, -0.2) is 24.0 Å². The molecule has 2 rings (SSSR count). The van der Waals surface area contributed by atoms with E-state index in [0.29, 0.717) is 9.21 Å². The zero-order valence-electron chi connectivity index (χ0n) is 13.6. The number of ether oxygens (including phenoxy) is 1. The third-order valence-electron chi connectivity index (χ3n) is 3.52. The van der Waals surface area contributed by atoms with E-state index in [1.54, 1.807) is 19.1 Å². The average Bonchev–Trinajstić information content (AvgIpc) is 3.00. The summed E-state index contributed by atoms with van der Waals surface area (Å²) in [7, 11) is 0. The highest BCUT2D eigenvalue weighted by Crippen LogP contribution is 2.22. The number of hydrogen-bond acceptors (Lipinski definition) is 4. The molecule has 1 aromatic carbocycles. The van der Waals surface area contributed by atoms with E-state index < -0.39 is 12.1 Å². The molecule has 0 saturated heterocycles. The van der Waals surface area contributed by atoms with Crippen LogP contribution in [-0.2, 0) is 16.0 Å². The monoisotopic (exact) mass is 365 g/mol. The number of amides is 1. The molecular weight excluding hydrogens is 346 g/mol. The fourth-order valence-electron chi connectivity index (χ4n) is 2.16. The molecule has 0 spiro atoms. The lowest BCUT2D eigenvalue weighted by molar-refractivity contribution is -0.129. The molecule has 0 unspecified atom stereocenters. The van der Waals surface area contributed by atoms with Gasteiger partial charge in [-0.15, -0.1) is 11.3 Å². The molecule has 2 aromatic rings. The SMILES string of the molecule is C[C@H](CCc1ccccc1)NC(=O)[C@H](C)OC(=O)c1ccc(Cl)s1. The molecule has 0 fully saturated rings. The molecule has 0 aliphatic rings. The minimum absolute atomic E-state index is 0.00459. The fourth-order valence-corrected chi connectivity index (χ4v) is 3.08. The van der Waals surface area contributed by atoms with Gasteiger partial charge in [0.05, 0.1) is 4.34 Å². The zero-order valence-corrected chi connectivity index (χ0v) is 15.2. The van der Waals surface area contributed by atoms with Gasteiger partial charge < -0.3 is 10.1 Å². The van der Waals surface area contributed by atoms with Gasteiger partial charge in [-0.3, -0.25) is 4.79 Å². The van der Waals surface area contributed by atoms with Crippen molar-refractivity contribution >= 4 is 34.8 Å². The molecule has 0 aliphatic heterocycles. The smallest absolute Gasteiger partial charge is 0.349 e. The third kappa shape index (κ3) is 5.65. The lowest BCUT2D eigenvalue weighted by Gasteiger charge is -2.17. The van der Waals surface area contributed by atoms with E-state index in [4.69, 9.17) is 16.3 Å². The van der Waals surface area contributed by atoms with Crippen LogP contribution >= 0.6 is 22.9 Å². The summed E-state index contributed by atoms with van der Waals surface area (Å²) in [6.07, 6.45) is 0.846. The second-order valence-corrected chi connectivity index (χ2v) is 7.30. The molecular formula is C18H20ClNO3S. The number of carbonyl (C=O) groups is 2. The summed E-state index contributed by atoms with van der Waals surface area (Å²) in [5, 5.41) is 2.87. The van der Waals surface area contributed by atoms with Gasteiger partial charge >= 0.3 is 5.97 Å². The number of carbonyl (C=O) groups excluding carboxylic acids is 2. The highest BCUT2D eigenvalue weighted by atomic mass is 35.5. The van der Waals surface area contributed by atoms with Crippen molar-refractivity contribution in [2.75, 3.05) is 0 Å². The van der Waals surface area contributed by atoms with Gasteiger partial charge in [-0.25, -0.2) is 4.79 Å². The summed E-state index contributed by atoms with van der Waals surface area (Å²) in [6, 6.07) is 13.3. The van der Waals surface area contributed by atoms with Crippen LogP contribution in [0.5, 0.6) is 0 Å². The summed E-state index contributed by atoms with van der Waals surface area (Å²) < 4.78 is 5.68. The minimum Gasteiger partial charge on any atom is -0.448 e. The molecule has 2 atom stereocenters. The summed E-state index contributed by atoms with van der Waals surface area (Å²) in [5.41, 5.74) is 1.23. The van der Waals surface area contributed by atoms with Crippen molar-refractivity contribution in [2.45, 2.75) is 38.8 Å². The van der Waals surface area contributed by atoms with E-state index in [-0.39, 0.29) is 11.9 Å². The van der Waals surface area contributed by atoms with Crippen molar-refractivity contribution < 1.29 is 14.3 Å². The quantitative estimate of drug-likeness (QED) is 0.752. The van der Waals surface area contributed by atoms with E-state index in [1.165, 1.54) is 5.56 Å². The van der Waals surface area contributed by atoms with Crippen LogP contribution in [0.15, 0.2) is 42.5 Å². The van der Waals surface area contributed by atoms with Crippen molar-refractivity contribution in [1.29, 1.82) is 0 Å². The Hall–Kier alpha value is -1.85. The van der Waals surface area contributed by atoms with Crippen molar-refractivity contribution in [2.24, 2.45) is 0 Å². The molecule has 0 aliphatic carbocycles. The first-order chi connectivity index (χ1) is 11.5. The van der Waals surface area contributed by atoms with Gasteiger partial charge in [0.1, 0.15) is 4.88 Å². The highest BCUT2D eigenvalue weighted by molar-refractivity contribution is 7.17. The molecule has 0 saturated carbocycles. The lowest BCUT2D eigenvalue weighted by Crippen LogP contribution is -2.40. The van der Waals surface area contributed by atoms with Gasteiger partial charge in [0.2, 0.25) is 0 Å². The predicted octanol–water partition coefficient (Wildman–Crippen LogP) is 4.08. The Kier molecular flexibility index (Phi) is 6.82. The number of thiophene rings is 1. The number of halogens is 1. The molecule has 1 amide bonds. The largest absolute Gasteiger partial charge is 0.448 e. The first-order valence-electron chi connectivity index (χ1n) is 7.76. The number of rotatable bonds is 7. The van der Waals surface area contributed by atoms with Gasteiger partial charge in [0.25, 0.3) is 5.91 Å². The first-order valence-corrected chi connectivity index (χ1v) is 8.95. The molecule has 0 bridgehead atoms. The Morgan fingerprint density at radius 1 is 1.17 bits per heavy atom. The fraction of sp³-hybridized carbons (Fsp3) is 0.333. The molecule has 0 radical (unpaired) electrons. The van der Waals surface area contributed by atoms with E-state index in [9.17, 15) is 9.59 Å². The zero-order chi connectivity index (χ0) is 17.5. The van der Waals surface area contributed by atoms with E-state index in [1.807, 2.05) is 25.1 Å². The van der Waals surface area contributed by atoms with E-state index in [0.717, 1.165) is 24.2 Å². The van der Waals surface area contributed by atoms with Crippen molar-refractivity contribution in [1.82, 2.24) is 5.32 Å². The van der Waals surface area contributed by atoms with Crippen molar-refractivity contribution in [3.8, 4) is 0 Å². The Morgan fingerprint density at radius 3 is 2.50 bits per heavy atom. The molecule has 4 nitrogen and oxygen atoms in total. The Balaban J connectivity index is 1.77. The van der Waals surface area contributed by atoms with Gasteiger partial charge in [-0.1, -0.05) is 41.9 Å². The number of hydrogen-bond donors (Lipinski definition) is 1. The molecule has 6 heteroatoms. The average molecular weight is 366 g/mol. The normalized spacial score (nSPS) is 13.1. The number of nitrogens with one attached hydrogen (secondary N) is 1. The summed E-state index contributed by atoms with van der Waals surface area (Å²) >= 11 is 6.92. The third-order valence-corrected chi connectivity index (χ3v) is 4.74. The summed E-state index contributed by atoms with van der Waals surface area (Å²) in [4.78, 5) is 24.4. The number of esters is 1. The first kappa shape index (κ1) is 18.5. The molecule has 1 N–H and O–H groups in total. The Bertz CT molecular complexity index is 687. The second-order valence-electron chi connectivity index (χ2n) is 5.59. The van der Waals surface area contributed by atoms with Crippen LogP contribution in [0.4, 0.5) is 0 Å². The van der Waals surface area contributed by atoms with Crippen LogP contribution in [0.1, 0.15) is 35.5 Å². The second kappa shape index (κ2) is 8.85. The van der Waals surface area contributed by atoms with Crippen LogP contribution in [0.3, 0.4) is 0 Å². The summed E-state index contributed by atoms with van der Waals surface area (Å²) in [5.74, 6) is -0.835. The Morgan fingerprint density at radius 2 is 1.88 bits per heavy atom. The van der Waals surface area contributed by atoms with Gasteiger partial charge in [-0.05, 0) is 44.4 Å². The molecule has 128 valence electrons. The maximum absolute atomic E-state index is 12.1. The maximum atomic E-state index is 12.1.